The van der Waals surface area contributed by atoms with Crippen LogP contribution in [0.15, 0.2) is 0 Å². The molecule has 0 heterocycles. The van der Waals surface area contributed by atoms with Gasteiger partial charge in [-0.25, -0.2) is 0 Å². The molecule has 0 saturated carbocycles. The molecule has 7 heteroatoms. The first-order valence-electron chi connectivity index (χ1n) is 0. The first kappa shape index (κ1) is 64.7. The van der Waals surface area contributed by atoms with Crippen molar-refractivity contribution in [2.75, 3.05) is 0 Å². The molecule has 0 atom stereocenters. The van der Waals surface area contributed by atoms with Gasteiger partial charge in [0.25, 0.3) is 0 Å². The van der Waals surface area contributed by atoms with Crippen molar-refractivity contribution in [2.45, 2.75) is 0 Å². The predicted molar refractivity (Wildman–Crippen MR) is 12.2 cm³/mol. The van der Waals surface area contributed by atoms with E-state index in [0.717, 1.165) is 0 Å². The van der Waals surface area contributed by atoms with Gasteiger partial charge in [-0.15, -0.1) is 0 Å². The third-order valence-electron chi connectivity index (χ3n) is 0. The second-order valence-electron chi connectivity index (χ2n) is 0. The summed E-state index contributed by atoms with van der Waals surface area (Å²) in [4.78, 5) is 0. The van der Waals surface area contributed by atoms with Gasteiger partial charge >= 0.3 is 133 Å². The van der Waals surface area contributed by atoms with Crippen molar-refractivity contribution >= 4 is 51.7 Å². The Morgan fingerprint density at radius 2 is 0.571 bits per heavy atom. The van der Waals surface area contributed by atoms with Crippen LogP contribution in [0.1, 0.15) is 0 Å². The summed E-state index contributed by atoms with van der Waals surface area (Å²) in [6, 6.07) is 0. The van der Waals surface area contributed by atoms with Gasteiger partial charge in [0, 0.05) is 0 Å². The van der Waals surface area contributed by atoms with Crippen LogP contribution in [0, 0.1) is 0 Å². The van der Waals surface area contributed by atoms with Gasteiger partial charge in [-0.2, -0.15) is 0 Å². The van der Waals surface area contributed by atoms with Crippen LogP contribution in [0.2, 0.25) is 0 Å². The van der Waals surface area contributed by atoms with E-state index < -0.39 is 0 Å². The Balaban J connectivity index is 0. The largest absolute Gasteiger partial charge is 3.00 e. The van der Waals surface area contributed by atoms with E-state index in [2.05, 4.69) is 0 Å². The molecule has 0 aliphatic rings. The summed E-state index contributed by atoms with van der Waals surface area (Å²) in [6.45, 7) is 0. The van der Waals surface area contributed by atoms with Crippen LogP contribution < -0.4 is 0 Å². The first-order chi connectivity index (χ1) is 0. The van der Waals surface area contributed by atoms with Crippen LogP contribution in [-0.4, -0.2) is 51.7 Å². The Morgan fingerprint density at radius 1 is 0.571 bits per heavy atom. The normalized spacial score (nSPS) is 0. The van der Waals surface area contributed by atoms with E-state index in [1.807, 2.05) is 0 Å². The SMILES string of the molecule is [Ag+].[In+3].[In+3].[O-2].[Zn+2].[Zn+2].[Zn+2]. The van der Waals surface area contributed by atoms with Crippen LogP contribution in [-0.2, 0) is 86.3 Å². The number of hydrogen-bond acceptors (Lipinski definition) is 0. The molecule has 0 rings (SSSR count). The molecule has 18 valence electrons. The second kappa shape index (κ2) is 48.1. The van der Waals surface area contributed by atoms with Crippen LogP contribution in [0.25, 0.3) is 0 Å². The maximum atomic E-state index is 0. The van der Waals surface area contributed by atoms with Crippen molar-refractivity contribution in [3.63, 3.8) is 0 Å². The van der Waals surface area contributed by atoms with Crippen molar-refractivity contribution in [1.82, 2.24) is 0 Å². The van der Waals surface area contributed by atoms with E-state index in [9.17, 15) is 0 Å². The van der Waals surface area contributed by atoms with Gasteiger partial charge in [0.2, 0.25) is 0 Å². The Kier molecular flexibility index (Phi) is 445. The molecular weight excluding hydrogens is 550 g/mol. The molecule has 0 bridgehead atoms. The molecule has 0 aliphatic heterocycles. The molecule has 0 amide bonds. The van der Waals surface area contributed by atoms with E-state index in [-0.39, 0.29) is 138 Å². The maximum Gasteiger partial charge on any atom is 3.00 e. The van der Waals surface area contributed by atoms with Gasteiger partial charge < -0.3 is 5.48 Å². The summed E-state index contributed by atoms with van der Waals surface area (Å²) in [5, 5.41) is 0. The molecule has 0 aromatic rings. The van der Waals surface area contributed by atoms with Crippen molar-refractivity contribution in [3.8, 4) is 0 Å². The summed E-state index contributed by atoms with van der Waals surface area (Å²) in [6.07, 6.45) is 0. The second-order valence-corrected chi connectivity index (χ2v) is 0. The molecule has 0 unspecified atom stereocenters. The third kappa shape index (κ3) is 38.3. The van der Waals surface area contributed by atoms with E-state index >= 15 is 0 Å². The topological polar surface area (TPSA) is 28.5 Å². The zero-order chi connectivity index (χ0) is 0. The fourth-order valence-corrected chi connectivity index (χ4v) is 0. The summed E-state index contributed by atoms with van der Waals surface area (Å²) < 4.78 is 0. The van der Waals surface area contributed by atoms with E-state index in [0.29, 0.717) is 0 Å². The minimum atomic E-state index is 0. The van der Waals surface area contributed by atoms with E-state index in [1.54, 1.807) is 0 Å². The number of hydrogen-bond donors (Lipinski definition) is 0. The summed E-state index contributed by atoms with van der Waals surface area (Å²) >= 11 is 0. The van der Waals surface area contributed by atoms with E-state index in [1.165, 1.54) is 0 Å². The van der Waals surface area contributed by atoms with Gasteiger partial charge in [-0.3, -0.25) is 0 Å². The minimum Gasteiger partial charge on any atom is -2.00 e. The molecule has 0 aromatic carbocycles. The minimum absolute atomic E-state index is 0. The molecular formula is AgIn2OZn3+11. The molecule has 0 radical (unpaired) electrons. The van der Waals surface area contributed by atoms with Crippen LogP contribution >= 0.6 is 0 Å². The van der Waals surface area contributed by atoms with Crippen molar-refractivity contribution in [3.05, 3.63) is 0 Å². The molecule has 0 spiro atoms. The van der Waals surface area contributed by atoms with Gasteiger partial charge in [0.15, 0.2) is 0 Å². The molecule has 0 aliphatic carbocycles. The first-order valence-corrected chi connectivity index (χ1v) is 0. The third-order valence-corrected chi connectivity index (χ3v) is 0. The van der Waals surface area contributed by atoms with Crippen LogP contribution in [0.3, 0.4) is 0 Å². The van der Waals surface area contributed by atoms with Crippen LogP contribution in [0.5, 0.6) is 0 Å². The van der Waals surface area contributed by atoms with Gasteiger partial charge in [-0.1, -0.05) is 0 Å². The monoisotopic (exact) mass is 544 g/mol. The predicted octanol–water partition coefficient (Wildman–Crippen LogP) is -0.890. The maximum absolute atomic E-state index is 0. The van der Waals surface area contributed by atoms with Gasteiger partial charge in [-0.05, 0) is 0 Å². The average Bonchev–Trinajstić information content (AvgIpc) is 0. The molecule has 7 heavy (non-hydrogen) atoms. The van der Waals surface area contributed by atoms with Gasteiger partial charge in [0.05, 0.1) is 0 Å². The zero-order valence-electron chi connectivity index (χ0n) is 3.99. The summed E-state index contributed by atoms with van der Waals surface area (Å²) in [5.41, 5.74) is 0. The van der Waals surface area contributed by atoms with Crippen molar-refractivity contribution in [1.29, 1.82) is 0 Å². The fourth-order valence-electron chi connectivity index (χ4n) is 0. The molecule has 0 fully saturated rings. The average molecular weight is 550 g/mol. The molecule has 0 N–H and O–H groups in total. The Hall–Kier alpha value is 4.31. The number of rotatable bonds is 0. The molecule has 0 aromatic heterocycles. The smallest absolute Gasteiger partial charge is 2.00 e. The zero-order valence-corrected chi connectivity index (χ0v) is 21.0. The van der Waals surface area contributed by atoms with Crippen molar-refractivity contribution < 1.29 is 86.3 Å². The molecule has 0 saturated heterocycles. The summed E-state index contributed by atoms with van der Waals surface area (Å²) in [5.74, 6) is 0. The van der Waals surface area contributed by atoms with Crippen molar-refractivity contribution in [2.24, 2.45) is 0 Å². The quantitative estimate of drug-likeness (QED) is 0.351. The molecule has 1 nitrogen and oxygen atoms in total. The van der Waals surface area contributed by atoms with E-state index in [4.69, 9.17) is 0 Å². The van der Waals surface area contributed by atoms with Crippen LogP contribution in [0.4, 0.5) is 0 Å². The Bertz CT molecular complexity index is 12.9. The van der Waals surface area contributed by atoms with Gasteiger partial charge in [0.1, 0.15) is 0 Å². The fraction of sp³-hybridized carbons (Fsp3) is 0. The Morgan fingerprint density at radius 3 is 0.571 bits per heavy atom. The standard InChI is InChI=1S/Ag.2In.O.3Zn/q+1;2*+3;-2;3*+2. The summed E-state index contributed by atoms with van der Waals surface area (Å²) in [7, 11) is 0. The Labute approximate surface area is 135 Å².